The monoisotopic (exact) mass is 268 g/mol. The first-order valence-electron chi connectivity index (χ1n) is 7.28. The van der Waals surface area contributed by atoms with Gasteiger partial charge in [-0.3, -0.25) is 0 Å². The molecule has 2 aliphatic rings. The fourth-order valence-corrected chi connectivity index (χ4v) is 3.40. The molecule has 2 rings (SSSR count). The maximum Gasteiger partial charge on any atom is 0.326 e. The normalized spacial score (nSPS) is 28.4. The van der Waals surface area contributed by atoms with E-state index in [1.54, 1.807) is 14.0 Å². The number of carbonyl (C=O) groups excluding carboxylic acids is 1. The molecule has 3 unspecified atom stereocenters. The zero-order chi connectivity index (χ0) is 14.0. The molecular formula is C14H24N2O3. The molecule has 0 aromatic carbocycles. The van der Waals surface area contributed by atoms with Crippen LogP contribution in [0.2, 0.25) is 0 Å². The van der Waals surface area contributed by atoms with E-state index in [1.165, 1.54) is 30.6 Å². The Balaban J connectivity index is 2.06. The van der Waals surface area contributed by atoms with Crippen molar-refractivity contribution in [2.24, 2.45) is 5.92 Å². The van der Waals surface area contributed by atoms with Gasteiger partial charge in [0.15, 0.2) is 0 Å². The largest absolute Gasteiger partial charge is 0.480 e. The maximum atomic E-state index is 12.5. The molecule has 1 saturated heterocycles. The number of aliphatic carboxylic acids is 1. The molecule has 5 nitrogen and oxygen atoms in total. The highest BCUT2D eigenvalue weighted by Crippen LogP contribution is 2.35. The van der Waals surface area contributed by atoms with Gasteiger partial charge in [-0.2, -0.15) is 0 Å². The lowest BCUT2D eigenvalue weighted by Gasteiger charge is -2.45. The summed E-state index contributed by atoms with van der Waals surface area (Å²) in [6.45, 7) is 2.33. The van der Waals surface area contributed by atoms with Crippen LogP contribution in [0, 0.1) is 5.92 Å². The van der Waals surface area contributed by atoms with E-state index in [9.17, 15) is 9.59 Å². The molecule has 0 radical (unpaired) electrons. The summed E-state index contributed by atoms with van der Waals surface area (Å²) >= 11 is 0. The van der Waals surface area contributed by atoms with Crippen LogP contribution in [0.15, 0.2) is 0 Å². The second-order valence-electron chi connectivity index (χ2n) is 5.86. The molecule has 2 fully saturated rings. The van der Waals surface area contributed by atoms with Crippen molar-refractivity contribution in [2.45, 2.75) is 57.5 Å². The number of likely N-dealkylation sites (tertiary alicyclic amines) is 1. The van der Waals surface area contributed by atoms with Crippen LogP contribution < -0.4 is 0 Å². The minimum absolute atomic E-state index is 0.119. The summed E-state index contributed by atoms with van der Waals surface area (Å²) in [4.78, 5) is 26.8. The zero-order valence-corrected chi connectivity index (χ0v) is 11.8. The van der Waals surface area contributed by atoms with Crippen molar-refractivity contribution < 1.29 is 14.7 Å². The highest BCUT2D eigenvalue weighted by atomic mass is 16.4. The fourth-order valence-electron chi connectivity index (χ4n) is 3.40. The molecule has 3 atom stereocenters. The van der Waals surface area contributed by atoms with Gasteiger partial charge >= 0.3 is 12.0 Å². The Morgan fingerprint density at radius 2 is 1.84 bits per heavy atom. The van der Waals surface area contributed by atoms with Gasteiger partial charge in [-0.25, -0.2) is 9.59 Å². The third-order valence-electron chi connectivity index (χ3n) is 4.73. The number of amides is 2. The van der Waals surface area contributed by atoms with E-state index >= 15 is 0 Å². The Hall–Kier alpha value is -1.26. The number of hydrogen-bond donors (Lipinski definition) is 1. The molecule has 1 N–H and O–H groups in total. The molecule has 0 aromatic heterocycles. The van der Waals surface area contributed by atoms with Crippen LogP contribution >= 0.6 is 0 Å². The Morgan fingerprint density at radius 1 is 1.21 bits per heavy atom. The van der Waals surface area contributed by atoms with Gasteiger partial charge in [-0.1, -0.05) is 12.8 Å². The molecular weight excluding hydrogens is 244 g/mol. The first-order valence-corrected chi connectivity index (χ1v) is 7.28. The highest BCUT2D eigenvalue weighted by Gasteiger charge is 2.38. The van der Waals surface area contributed by atoms with Gasteiger partial charge in [-0.15, -0.1) is 0 Å². The standard InChI is InChI=1S/C14H24N2O3/c1-10(13(17)18)15(2)14(19)16-9-5-7-11-6-3-4-8-12(11)16/h10-12H,3-9H2,1-2H3,(H,17,18). The number of likely N-dealkylation sites (N-methyl/N-ethyl adjacent to an activating group) is 1. The van der Waals surface area contributed by atoms with Gasteiger partial charge in [0, 0.05) is 19.6 Å². The number of carbonyl (C=O) groups is 2. The van der Waals surface area contributed by atoms with Gasteiger partial charge < -0.3 is 14.9 Å². The van der Waals surface area contributed by atoms with Gasteiger partial charge in [0.2, 0.25) is 0 Å². The molecule has 0 spiro atoms. The summed E-state index contributed by atoms with van der Waals surface area (Å²) in [5.41, 5.74) is 0. The molecule has 0 aromatic rings. The molecule has 0 bridgehead atoms. The summed E-state index contributed by atoms with van der Waals surface area (Å²) in [5.74, 6) is -0.326. The maximum absolute atomic E-state index is 12.5. The molecule has 1 heterocycles. The highest BCUT2D eigenvalue weighted by molar-refractivity contribution is 5.82. The summed E-state index contributed by atoms with van der Waals surface area (Å²) in [6, 6.07) is -0.554. The second-order valence-corrected chi connectivity index (χ2v) is 5.86. The van der Waals surface area contributed by atoms with Crippen molar-refractivity contribution >= 4 is 12.0 Å². The van der Waals surface area contributed by atoms with Crippen molar-refractivity contribution in [1.29, 1.82) is 0 Å². The second kappa shape index (κ2) is 5.80. The van der Waals surface area contributed by atoms with Crippen LogP contribution in [0.25, 0.3) is 0 Å². The average molecular weight is 268 g/mol. The smallest absolute Gasteiger partial charge is 0.326 e. The van der Waals surface area contributed by atoms with Crippen molar-refractivity contribution in [3.05, 3.63) is 0 Å². The van der Waals surface area contributed by atoms with E-state index in [0.717, 1.165) is 19.4 Å². The van der Waals surface area contributed by atoms with Crippen LogP contribution in [0.5, 0.6) is 0 Å². The number of carboxylic acids is 1. The molecule has 1 aliphatic heterocycles. The van der Waals surface area contributed by atoms with Crippen LogP contribution in [-0.2, 0) is 4.79 Å². The first-order chi connectivity index (χ1) is 9.02. The number of piperidine rings is 1. The van der Waals surface area contributed by atoms with Gasteiger partial charge in [0.25, 0.3) is 0 Å². The third kappa shape index (κ3) is 2.85. The Kier molecular flexibility index (Phi) is 4.32. The molecule has 1 saturated carbocycles. The molecule has 2 amide bonds. The number of rotatable bonds is 2. The zero-order valence-electron chi connectivity index (χ0n) is 11.8. The minimum atomic E-state index is -0.951. The molecule has 108 valence electrons. The van der Waals surface area contributed by atoms with Crippen molar-refractivity contribution in [3.8, 4) is 0 Å². The van der Waals surface area contributed by atoms with Crippen molar-refractivity contribution in [3.63, 3.8) is 0 Å². The molecule has 19 heavy (non-hydrogen) atoms. The van der Waals surface area contributed by atoms with Crippen molar-refractivity contribution in [1.82, 2.24) is 9.80 Å². The lowest BCUT2D eigenvalue weighted by Crippen LogP contribution is -2.55. The summed E-state index contributed by atoms with van der Waals surface area (Å²) < 4.78 is 0. The third-order valence-corrected chi connectivity index (χ3v) is 4.73. The molecule has 1 aliphatic carbocycles. The summed E-state index contributed by atoms with van der Waals surface area (Å²) in [6.07, 6.45) is 7.00. The van der Waals surface area contributed by atoms with Crippen LogP contribution in [0.4, 0.5) is 4.79 Å². The van der Waals surface area contributed by atoms with E-state index in [4.69, 9.17) is 5.11 Å². The minimum Gasteiger partial charge on any atom is -0.480 e. The number of nitrogens with zero attached hydrogens (tertiary/aromatic N) is 2. The van der Waals surface area contributed by atoms with Crippen molar-refractivity contribution in [2.75, 3.05) is 13.6 Å². The fraction of sp³-hybridized carbons (Fsp3) is 0.857. The lowest BCUT2D eigenvalue weighted by molar-refractivity contribution is -0.141. The summed E-state index contributed by atoms with van der Waals surface area (Å²) in [5, 5.41) is 9.02. The predicted molar refractivity (Wildman–Crippen MR) is 71.9 cm³/mol. The molecule has 5 heteroatoms. The Bertz CT molecular complexity index is 357. The van der Waals surface area contributed by atoms with E-state index in [-0.39, 0.29) is 6.03 Å². The quantitative estimate of drug-likeness (QED) is 0.835. The number of urea groups is 1. The van der Waals surface area contributed by atoms with Gasteiger partial charge in [0.05, 0.1) is 0 Å². The SMILES string of the molecule is CC(C(=O)O)N(C)C(=O)N1CCCC2CCCCC21. The Morgan fingerprint density at radius 3 is 2.53 bits per heavy atom. The Labute approximate surface area is 114 Å². The van der Waals surface area contributed by atoms with E-state index < -0.39 is 12.0 Å². The van der Waals surface area contributed by atoms with E-state index in [1.807, 2.05) is 4.90 Å². The number of carboxylic acid groups (broad SMARTS) is 1. The topological polar surface area (TPSA) is 60.9 Å². The average Bonchev–Trinajstić information content (AvgIpc) is 2.44. The first kappa shape index (κ1) is 14.2. The van der Waals surface area contributed by atoms with Crippen LogP contribution in [-0.4, -0.2) is 52.6 Å². The van der Waals surface area contributed by atoms with E-state index in [0.29, 0.717) is 12.0 Å². The van der Waals surface area contributed by atoms with Crippen LogP contribution in [0.1, 0.15) is 45.4 Å². The number of hydrogen-bond acceptors (Lipinski definition) is 2. The van der Waals surface area contributed by atoms with Gasteiger partial charge in [0.1, 0.15) is 6.04 Å². The van der Waals surface area contributed by atoms with Crippen LogP contribution in [0.3, 0.4) is 0 Å². The number of fused-ring (bicyclic) bond motifs is 1. The van der Waals surface area contributed by atoms with Gasteiger partial charge in [-0.05, 0) is 38.5 Å². The van der Waals surface area contributed by atoms with E-state index in [2.05, 4.69) is 0 Å². The lowest BCUT2D eigenvalue weighted by atomic mass is 9.78. The summed E-state index contributed by atoms with van der Waals surface area (Å²) in [7, 11) is 1.59. The predicted octanol–water partition coefficient (Wildman–Crippen LogP) is 2.17.